The van der Waals surface area contributed by atoms with Crippen molar-refractivity contribution >= 4 is 22.6 Å². The van der Waals surface area contributed by atoms with Crippen LogP contribution < -0.4 is 0 Å². The van der Waals surface area contributed by atoms with Gasteiger partial charge in [0.25, 0.3) is 5.92 Å². The van der Waals surface area contributed by atoms with E-state index in [9.17, 15) is 8.78 Å². The predicted octanol–water partition coefficient (Wildman–Crippen LogP) is 1.76. The van der Waals surface area contributed by atoms with E-state index in [2.05, 4.69) is 22.6 Å². The van der Waals surface area contributed by atoms with Crippen molar-refractivity contribution in [2.75, 3.05) is 24.1 Å². The Balaban J connectivity index is 2.29. The van der Waals surface area contributed by atoms with E-state index in [1.165, 1.54) is 0 Å². The van der Waals surface area contributed by atoms with Crippen molar-refractivity contribution in [3.63, 3.8) is 0 Å². The van der Waals surface area contributed by atoms with Crippen LogP contribution in [0.15, 0.2) is 0 Å². The van der Waals surface area contributed by atoms with Gasteiger partial charge in [0.05, 0.1) is 6.54 Å². The predicted molar refractivity (Wildman–Crippen MR) is 44.9 cm³/mol. The zero-order valence-corrected chi connectivity index (χ0v) is 7.77. The van der Waals surface area contributed by atoms with E-state index >= 15 is 0 Å². The molecule has 0 amide bonds. The SMILES string of the molecule is FC1(F)CCN(CCI)C1. The molecule has 0 atom stereocenters. The van der Waals surface area contributed by atoms with Gasteiger partial charge in [0.1, 0.15) is 0 Å². The van der Waals surface area contributed by atoms with E-state index in [0.29, 0.717) is 6.54 Å². The maximum absolute atomic E-state index is 12.5. The average molecular weight is 261 g/mol. The molecule has 0 unspecified atom stereocenters. The molecule has 1 nitrogen and oxygen atoms in total. The highest BCUT2D eigenvalue weighted by Gasteiger charge is 2.37. The van der Waals surface area contributed by atoms with Gasteiger partial charge in [-0.2, -0.15) is 0 Å². The normalized spacial score (nSPS) is 25.5. The maximum Gasteiger partial charge on any atom is 0.261 e. The highest BCUT2D eigenvalue weighted by molar-refractivity contribution is 14.1. The molecule has 60 valence electrons. The molecular formula is C6H10F2IN. The van der Waals surface area contributed by atoms with Crippen LogP contribution in [-0.4, -0.2) is 34.9 Å². The van der Waals surface area contributed by atoms with Crippen molar-refractivity contribution < 1.29 is 8.78 Å². The Hall–Kier alpha value is 0.550. The lowest BCUT2D eigenvalue weighted by Gasteiger charge is -2.12. The molecule has 1 aliphatic rings. The fourth-order valence-corrected chi connectivity index (χ4v) is 1.80. The smallest absolute Gasteiger partial charge is 0.261 e. The molecule has 1 heterocycles. The summed E-state index contributed by atoms with van der Waals surface area (Å²) in [6.45, 7) is 1.34. The number of halogens is 3. The molecule has 1 rings (SSSR count). The number of likely N-dealkylation sites (tertiary alicyclic amines) is 1. The Kier molecular flexibility index (Phi) is 2.85. The van der Waals surface area contributed by atoms with Crippen LogP contribution in [0.3, 0.4) is 0 Å². The summed E-state index contributed by atoms with van der Waals surface area (Å²) in [5.41, 5.74) is 0. The van der Waals surface area contributed by atoms with Gasteiger partial charge in [0.15, 0.2) is 0 Å². The molecule has 0 radical (unpaired) electrons. The third kappa shape index (κ3) is 2.30. The lowest BCUT2D eigenvalue weighted by molar-refractivity contribution is 0.0129. The van der Waals surface area contributed by atoms with Crippen molar-refractivity contribution in [2.45, 2.75) is 12.3 Å². The van der Waals surface area contributed by atoms with Gasteiger partial charge in [-0.05, 0) is 0 Å². The highest BCUT2D eigenvalue weighted by Crippen LogP contribution is 2.26. The minimum atomic E-state index is -2.41. The molecule has 0 saturated carbocycles. The Labute approximate surface area is 72.9 Å². The minimum absolute atomic E-state index is 0.0317. The second kappa shape index (κ2) is 3.30. The van der Waals surface area contributed by atoms with Gasteiger partial charge in [0, 0.05) is 23.9 Å². The molecule has 4 heteroatoms. The van der Waals surface area contributed by atoms with Crippen molar-refractivity contribution in [2.24, 2.45) is 0 Å². The van der Waals surface area contributed by atoms with E-state index in [1.807, 2.05) is 4.90 Å². The summed E-state index contributed by atoms with van der Waals surface area (Å²) in [5, 5.41) is 0. The molecule has 0 spiro atoms. The van der Waals surface area contributed by atoms with Crippen LogP contribution in [0.5, 0.6) is 0 Å². The molecule has 0 N–H and O–H groups in total. The van der Waals surface area contributed by atoms with Crippen molar-refractivity contribution in [1.29, 1.82) is 0 Å². The largest absolute Gasteiger partial charge is 0.297 e. The number of rotatable bonds is 2. The summed E-state index contributed by atoms with van der Waals surface area (Å²) in [6.07, 6.45) is 0.0453. The van der Waals surface area contributed by atoms with E-state index in [4.69, 9.17) is 0 Å². The van der Waals surface area contributed by atoms with Crippen LogP contribution in [0.1, 0.15) is 6.42 Å². The molecule has 1 saturated heterocycles. The molecule has 0 aromatic heterocycles. The van der Waals surface area contributed by atoms with Gasteiger partial charge in [-0.25, -0.2) is 8.78 Å². The van der Waals surface area contributed by atoms with Crippen LogP contribution in [0.25, 0.3) is 0 Å². The fourth-order valence-electron chi connectivity index (χ4n) is 1.12. The van der Waals surface area contributed by atoms with Crippen LogP contribution in [0.2, 0.25) is 0 Å². The van der Waals surface area contributed by atoms with Crippen molar-refractivity contribution in [3.8, 4) is 0 Å². The van der Waals surface area contributed by atoms with E-state index in [1.54, 1.807) is 0 Å². The fraction of sp³-hybridized carbons (Fsp3) is 1.00. The number of hydrogen-bond donors (Lipinski definition) is 0. The minimum Gasteiger partial charge on any atom is -0.297 e. The lowest BCUT2D eigenvalue weighted by Crippen LogP contribution is -2.26. The second-order valence-electron chi connectivity index (χ2n) is 2.57. The summed E-state index contributed by atoms with van der Waals surface area (Å²) in [5.74, 6) is -2.41. The Bertz CT molecular complexity index is 118. The summed E-state index contributed by atoms with van der Waals surface area (Å²) < 4.78 is 25.9. The molecular weight excluding hydrogens is 251 g/mol. The van der Waals surface area contributed by atoms with Crippen LogP contribution in [0.4, 0.5) is 8.78 Å². The van der Waals surface area contributed by atoms with Crippen LogP contribution in [0, 0.1) is 0 Å². The van der Waals surface area contributed by atoms with Crippen LogP contribution in [-0.2, 0) is 0 Å². The topological polar surface area (TPSA) is 3.24 Å². The Morgan fingerprint density at radius 3 is 2.60 bits per heavy atom. The first-order valence-corrected chi connectivity index (χ1v) is 4.83. The average Bonchev–Trinajstić information content (AvgIpc) is 2.12. The number of hydrogen-bond acceptors (Lipinski definition) is 1. The molecule has 1 aliphatic heterocycles. The van der Waals surface area contributed by atoms with E-state index in [-0.39, 0.29) is 13.0 Å². The summed E-state index contributed by atoms with van der Waals surface area (Å²) in [4.78, 5) is 1.81. The van der Waals surface area contributed by atoms with Crippen LogP contribution >= 0.6 is 22.6 Å². The standard InChI is InChI=1S/C6H10F2IN/c7-6(8)1-3-10(5-6)4-2-9/h1-5H2. The quantitative estimate of drug-likeness (QED) is 0.541. The van der Waals surface area contributed by atoms with Gasteiger partial charge in [0.2, 0.25) is 0 Å². The summed E-state index contributed by atoms with van der Waals surface area (Å²) in [6, 6.07) is 0. The van der Waals surface area contributed by atoms with Crippen molar-refractivity contribution in [1.82, 2.24) is 4.90 Å². The lowest BCUT2D eigenvalue weighted by atomic mass is 10.3. The first-order chi connectivity index (χ1) is 4.64. The first-order valence-electron chi connectivity index (χ1n) is 3.30. The molecule has 0 aliphatic carbocycles. The van der Waals surface area contributed by atoms with Gasteiger partial charge in [-0.15, -0.1) is 0 Å². The van der Waals surface area contributed by atoms with Gasteiger partial charge >= 0.3 is 0 Å². The van der Waals surface area contributed by atoms with Gasteiger partial charge in [-0.1, -0.05) is 22.6 Å². The third-order valence-electron chi connectivity index (χ3n) is 1.65. The van der Waals surface area contributed by atoms with Gasteiger partial charge < -0.3 is 0 Å². The first kappa shape index (κ1) is 8.64. The summed E-state index contributed by atoms with van der Waals surface area (Å²) in [7, 11) is 0. The van der Waals surface area contributed by atoms with Gasteiger partial charge in [-0.3, -0.25) is 4.90 Å². The zero-order chi connectivity index (χ0) is 7.61. The molecule has 10 heavy (non-hydrogen) atoms. The molecule has 0 aromatic rings. The zero-order valence-electron chi connectivity index (χ0n) is 5.62. The second-order valence-corrected chi connectivity index (χ2v) is 3.65. The Morgan fingerprint density at radius 1 is 1.50 bits per heavy atom. The molecule has 1 fully saturated rings. The number of alkyl halides is 3. The number of nitrogens with zero attached hydrogens (tertiary/aromatic N) is 1. The monoisotopic (exact) mass is 261 g/mol. The van der Waals surface area contributed by atoms with E-state index < -0.39 is 5.92 Å². The third-order valence-corrected chi connectivity index (χ3v) is 2.13. The Morgan fingerprint density at radius 2 is 2.20 bits per heavy atom. The highest BCUT2D eigenvalue weighted by atomic mass is 127. The maximum atomic E-state index is 12.5. The molecule has 0 aromatic carbocycles. The molecule has 0 bridgehead atoms. The summed E-state index contributed by atoms with van der Waals surface area (Å²) >= 11 is 2.20. The van der Waals surface area contributed by atoms with Crippen molar-refractivity contribution in [3.05, 3.63) is 0 Å². The van der Waals surface area contributed by atoms with E-state index in [0.717, 1.165) is 11.0 Å².